The Bertz CT molecular complexity index is 871. The quantitative estimate of drug-likeness (QED) is 0.557. The second-order valence-corrected chi connectivity index (χ2v) is 6.93. The van der Waals surface area contributed by atoms with E-state index in [-0.39, 0.29) is 12.4 Å². The number of halogens is 1. The summed E-state index contributed by atoms with van der Waals surface area (Å²) < 4.78 is 24.2. The highest BCUT2D eigenvalue weighted by molar-refractivity contribution is 5.28. The van der Waals surface area contributed by atoms with Crippen molar-refractivity contribution in [3.63, 3.8) is 0 Å². The van der Waals surface area contributed by atoms with Gasteiger partial charge in [-0.2, -0.15) is 0 Å². The minimum absolute atomic E-state index is 0.196. The molecule has 3 aromatic carbocycles. The van der Waals surface area contributed by atoms with E-state index >= 15 is 0 Å². The molecule has 0 aliphatic carbocycles. The van der Waals surface area contributed by atoms with Crippen molar-refractivity contribution < 1.29 is 19.0 Å². The summed E-state index contributed by atoms with van der Waals surface area (Å²) >= 11 is 0. The summed E-state index contributed by atoms with van der Waals surface area (Å²) in [5.74, 6) is 1.26. The summed E-state index contributed by atoms with van der Waals surface area (Å²) in [4.78, 5) is 2.11. The number of aliphatic hydroxyl groups is 1. The van der Waals surface area contributed by atoms with Crippen LogP contribution in [0.15, 0.2) is 78.9 Å². The SMILES string of the molecule is COc1cccc(CN(Cc2ccc(F)cc2)CC(O)COc2ccccc2)c1. The minimum Gasteiger partial charge on any atom is -0.497 e. The monoisotopic (exact) mass is 395 g/mol. The molecule has 0 heterocycles. The van der Waals surface area contributed by atoms with Crippen LogP contribution in [0.2, 0.25) is 0 Å². The molecule has 0 aromatic heterocycles. The average Bonchev–Trinajstić information content (AvgIpc) is 2.75. The zero-order chi connectivity index (χ0) is 20.5. The van der Waals surface area contributed by atoms with E-state index in [0.29, 0.717) is 19.6 Å². The molecular weight excluding hydrogens is 369 g/mol. The molecule has 0 saturated heterocycles. The lowest BCUT2D eigenvalue weighted by atomic mass is 10.1. The smallest absolute Gasteiger partial charge is 0.123 e. The van der Waals surface area contributed by atoms with Crippen LogP contribution in [-0.4, -0.2) is 36.4 Å². The van der Waals surface area contributed by atoms with E-state index in [2.05, 4.69) is 4.90 Å². The van der Waals surface area contributed by atoms with Gasteiger partial charge in [0.05, 0.1) is 7.11 Å². The van der Waals surface area contributed by atoms with Gasteiger partial charge < -0.3 is 14.6 Å². The Morgan fingerprint density at radius 1 is 0.862 bits per heavy atom. The molecule has 0 spiro atoms. The van der Waals surface area contributed by atoms with Gasteiger partial charge in [0.2, 0.25) is 0 Å². The molecule has 5 heteroatoms. The molecule has 0 fully saturated rings. The molecular formula is C24H26FNO3. The van der Waals surface area contributed by atoms with E-state index in [0.717, 1.165) is 22.6 Å². The van der Waals surface area contributed by atoms with Crippen LogP contribution < -0.4 is 9.47 Å². The number of methoxy groups -OCH3 is 1. The normalized spacial score (nSPS) is 12.0. The number of ether oxygens (including phenoxy) is 2. The van der Waals surface area contributed by atoms with Crippen LogP contribution in [0.1, 0.15) is 11.1 Å². The molecule has 3 rings (SSSR count). The Morgan fingerprint density at radius 3 is 2.28 bits per heavy atom. The Kier molecular flexibility index (Phi) is 7.61. The lowest BCUT2D eigenvalue weighted by molar-refractivity contribution is 0.0628. The first-order valence-electron chi connectivity index (χ1n) is 9.58. The van der Waals surface area contributed by atoms with E-state index in [9.17, 15) is 9.50 Å². The highest BCUT2D eigenvalue weighted by atomic mass is 19.1. The van der Waals surface area contributed by atoms with Crippen LogP contribution in [0.25, 0.3) is 0 Å². The van der Waals surface area contributed by atoms with Crippen molar-refractivity contribution in [2.24, 2.45) is 0 Å². The zero-order valence-electron chi connectivity index (χ0n) is 16.5. The van der Waals surface area contributed by atoms with E-state index in [4.69, 9.17) is 9.47 Å². The molecule has 1 atom stereocenters. The average molecular weight is 395 g/mol. The molecule has 0 bridgehead atoms. The van der Waals surface area contributed by atoms with Crippen LogP contribution in [0.3, 0.4) is 0 Å². The van der Waals surface area contributed by atoms with Crippen molar-refractivity contribution in [1.29, 1.82) is 0 Å². The Morgan fingerprint density at radius 2 is 1.55 bits per heavy atom. The van der Waals surface area contributed by atoms with Gasteiger partial charge >= 0.3 is 0 Å². The number of nitrogens with zero attached hydrogens (tertiary/aromatic N) is 1. The van der Waals surface area contributed by atoms with Crippen molar-refractivity contribution in [2.75, 3.05) is 20.3 Å². The van der Waals surface area contributed by atoms with Crippen molar-refractivity contribution >= 4 is 0 Å². The molecule has 4 nitrogen and oxygen atoms in total. The van der Waals surface area contributed by atoms with Gasteiger partial charge in [0.15, 0.2) is 0 Å². The van der Waals surface area contributed by atoms with Crippen molar-refractivity contribution in [1.82, 2.24) is 4.90 Å². The van der Waals surface area contributed by atoms with Gasteiger partial charge in [0.25, 0.3) is 0 Å². The second-order valence-electron chi connectivity index (χ2n) is 6.93. The molecule has 1 unspecified atom stereocenters. The summed E-state index contributed by atoms with van der Waals surface area (Å²) in [6.07, 6.45) is -0.665. The molecule has 3 aromatic rings. The fourth-order valence-corrected chi connectivity index (χ4v) is 3.12. The first-order chi connectivity index (χ1) is 14.1. The molecule has 1 N–H and O–H groups in total. The number of rotatable bonds is 10. The van der Waals surface area contributed by atoms with Crippen LogP contribution in [0.4, 0.5) is 4.39 Å². The van der Waals surface area contributed by atoms with Crippen LogP contribution in [-0.2, 0) is 13.1 Å². The van der Waals surface area contributed by atoms with Gasteiger partial charge in [0.1, 0.15) is 30.0 Å². The van der Waals surface area contributed by atoms with Crippen LogP contribution in [0.5, 0.6) is 11.5 Å². The maximum absolute atomic E-state index is 13.2. The van der Waals surface area contributed by atoms with Gasteiger partial charge in [-0.1, -0.05) is 42.5 Å². The van der Waals surface area contributed by atoms with E-state index in [1.54, 1.807) is 19.2 Å². The van der Waals surface area contributed by atoms with Gasteiger partial charge in [-0.3, -0.25) is 4.90 Å². The van der Waals surface area contributed by atoms with Gasteiger partial charge in [-0.25, -0.2) is 4.39 Å². The fraction of sp³-hybridized carbons (Fsp3) is 0.250. The summed E-state index contributed by atoms with van der Waals surface area (Å²) in [6.45, 7) is 1.82. The molecule has 0 aliphatic heterocycles. The van der Waals surface area contributed by atoms with E-state index in [1.165, 1.54) is 12.1 Å². The Balaban J connectivity index is 1.66. The molecule has 0 aliphatic rings. The van der Waals surface area contributed by atoms with Crippen LogP contribution in [0, 0.1) is 5.82 Å². The minimum atomic E-state index is -0.665. The number of aliphatic hydroxyl groups excluding tert-OH is 1. The maximum atomic E-state index is 13.2. The first kappa shape index (κ1) is 20.8. The highest BCUT2D eigenvalue weighted by Crippen LogP contribution is 2.17. The topological polar surface area (TPSA) is 41.9 Å². The van der Waals surface area contributed by atoms with Crippen molar-refractivity contribution in [3.05, 3.63) is 95.8 Å². The lowest BCUT2D eigenvalue weighted by Crippen LogP contribution is -2.35. The van der Waals surface area contributed by atoms with Gasteiger partial charge in [-0.05, 0) is 47.5 Å². The third-order valence-electron chi connectivity index (χ3n) is 4.51. The van der Waals surface area contributed by atoms with Crippen LogP contribution >= 0.6 is 0 Å². The molecule has 29 heavy (non-hydrogen) atoms. The zero-order valence-corrected chi connectivity index (χ0v) is 16.5. The first-order valence-corrected chi connectivity index (χ1v) is 9.58. The second kappa shape index (κ2) is 10.6. The number of para-hydroxylation sites is 1. The van der Waals surface area contributed by atoms with Crippen molar-refractivity contribution in [2.45, 2.75) is 19.2 Å². The van der Waals surface area contributed by atoms with E-state index in [1.807, 2.05) is 54.6 Å². The largest absolute Gasteiger partial charge is 0.497 e. The third kappa shape index (κ3) is 6.89. The van der Waals surface area contributed by atoms with Crippen molar-refractivity contribution in [3.8, 4) is 11.5 Å². The Labute approximate surface area is 171 Å². The fourth-order valence-electron chi connectivity index (χ4n) is 3.12. The Hall–Kier alpha value is -2.89. The number of hydrogen-bond donors (Lipinski definition) is 1. The lowest BCUT2D eigenvalue weighted by Gasteiger charge is -2.25. The summed E-state index contributed by atoms with van der Waals surface area (Å²) in [5, 5.41) is 10.5. The third-order valence-corrected chi connectivity index (χ3v) is 4.51. The molecule has 0 radical (unpaired) electrons. The number of hydrogen-bond acceptors (Lipinski definition) is 4. The van der Waals surface area contributed by atoms with Gasteiger partial charge in [-0.15, -0.1) is 0 Å². The number of benzene rings is 3. The van der Waals surface area contributed by atoms with E-state index < -0.39 is 6.10 Å². The maximum Gasteiger partial charge on any atom is 0.123 e. The predicted molar refractivity (Wildman–Crippen MR) is 111 cm³/mol. The summed E-state index contributed by atoms with van der Waals surface area (Å²) in [6, 6.07) is 23.7. The summed E-state index contributed by atoms with van der Waals surface area (Å²) in [7, 11) is 1.64. The summed E-state index contributed by atoms with van der Waals surface area (Å²) in [5.41, 5.74) is 2.05. The van der Waals surface area contributed by atoms with Gasteiger partial charge in [0, 0.05) is 19.6 Å². The molecule has 152 valence electrons. The predicted octanol–water partition coefficient (Wildman–Crippen LogP) is 4.28. The molecule has 0 amide bonds. The molecule has 0 saturated carbocycles. The standard InChI is InChI=1S/C24H26FNO3/c1-28-24-9-5-6-20(14-24)16-26(15-19-10-12-21(25)13-11-19)17-22(27)18-29-23-7-3-2-4-8-23/h2-14,22,27H,15-18H2,1H3. The highest BCUT2D eigenvalue weighted by Gasteiger charge is 2.14.